The second-order valence-corrected chi connectivity index (χ2v) is 9.88. The minimum absolute atomic E-state index is 0.116. The number of benzene rings is 1. The fourth-order valence-electron chi connectivity index (χ4n) is 4.52. The van der Waals surface area contributed by atoms with Gasteiger partial charge in [0.2, 0.25) is 5.91 Å². The molecule has 0 spiro atoms. The Kier molecular flexibility index (Phi) is 7.16. The van der Waals surface area contributed by atoms with E-state index in [1.165, 1.54) is 6.20 Å². The number of carbonyl (C=O) groups is 1. The number of aromatic amines is 2. The van der Waals surface area contributed by atoms with Crippen LogP contribution in [0.5, 0.6) is 0 Å². The monoisotopic (exact) mass is 521 g/mol. The number of likely N-dealkylation sites (N-methyl/N-ethyl adjacent to an activating group) is 1. The number of amides is 1. The molecule has 0 atom stereocenters. The van der Waals surface area contributed by atoms with Crippen molar-refractivity contribution in [2.24, 2.45) is 5.73 Å². The molecule has 5 rings (SSSR count). The first-order valence-electron chi connectivity index (χ1n) is 12.5. The van der Waals surface area contributed by atoms with Gasteiger partial charge in [-0.05, 0) is 69.9 Å². The topological polar surface area (TPSA) is 129 Å². The molecule has 5 aromatic rings. The summed E-state index contributed by atoms with van der Waals surface area (Å²) in [5.74, 6) is -0.116. The molecule has 198 valence electrons. The molecule has 0 bridgehead atoms. The summed E-state index contributed by atoms with van der Waals surface area (Å²) in [6.45, 7) is 4.21. The van der Waals surface area contributed by atoms with E-state index in [4.69, 9.17) is 10.2 Å². The molecule has 39 heavy (non-hydrogen) atoms. The molecule has 0 radical (unpaired) electrons. The maximum atomic E-state index is 12.5. The Bertz CT molecular complexity index is 1730. The lowest BCUT2D eigenvalue weighted by atomic mass is 10.0. The molecule has 0 aliphatic rings. The zero-order chi connectivity index (χ0) is 27.5. The van der Waals surface area contributed by atoms with E-state index in [0.29, 0.717) is 17.0 Å². The van der Waals surface area contributed by atoms with Crippen molar-refractivity contribution in [3.05, 3.63) is 90.4 Å². The molecule has 4 aromatic heterocycles. The predicted molar refractivity (Wildman–Crippen MR) is 155 cm³/mol. The van der Waals surface area contributed by atoms with Crippen LogP contribution in [0.2, 0.25) is 0 Å². The van der Waals surface area contributed by atoms with Crippen LogP contribution < -0.4 is 11.1 Å². The maximum Gasteiger partial charge on any atom is 0.238 e. The van der Waals surface area contributed by atoms with Gasteiger partial charge >= 0.3 is 0 Å². The number of fused-ring (bicyclic) bond motifs is 2. The zero-order valence-electron chi connectivity index (χ0n) is 22.4. The highest BCUT2D eigenvalue weighted by atomic mass is 16.3. The van der Waals surface area contributed by atoms with E-state index in [1.807, 2.05) is 69.3 Å². The van der Waals surface area contributed by atoms with Crippen LogP contribution in [0.1, 0.15) is 19.5 Å². The van der Waals surface area contributed by atoms with Crippen LogP contribution in [0.4, 0.5) is 0 Å². The van der Waals surface area contributed by atoms with E-state index < -0.39 is 0 Å². The van der Waals surface area contributed by atoms with Crippen molar-refractivity contribution < 1.29 is 9.21 Å². The van der Waals surface area contributed by atoms with Crippen LogP contribution in [0, 0.1) is 0 Å². The number of nitrogens with one attached hydrogen (secondary N) is 3. The van der Waals surface area contributed by atoms with Crippen molar-refractivity contribution in [2.75, 3.05) is 20.6 Å². The Morgan fingerprint density at radius 3 is 2.69 bits per heavy atom. The summed E-state index contributed by atoms with van der Waals surface area (Å²) in [7, 11) is 3.70. The van der Waals surface area contributed by atoms with E-state index in [9.17, 15) is 4.79 Å². The second kappa shape index (κ2) is 10.8. The van der Waals surface area contributed by atoms with Crippen molar-refractivity contribution in [3.8, 4) is 22.5 Å². The van der Waals surface area contributed by atoms with Crippen LogP contribution in [0.3, 0.4) is 0 Å². The summed E-state index contributed by atoms with van der Waals surface area (Å²) >= 11 is 0. The van der Waals surface area contributed by atoms with Crippen molar-refractivity contribution in [3.63, 3.8) is 0 Å². The minimum Gasteiger partial charge on any atom is -0.472 e. The normalized spacial score (nSPS) is 12.4. The van der Waals surface area contributed by atoms with Gasteiger partial charge in [0.05, 0.1) is 42.2 Å². The third kappa shape index (κ3) is 5.53. The summed E-state index contributed by atoms with van der Waals surface area (Å²) in [6.07, 6.45) is 10.4. The average Bonchev–Trinajstić information content (AvgIpc) is 3.65. The van der Waals surface area contributed by atoms with Crippen molar-refractivity contribution in [2.45, 2.75) is 13.8 Å². The molecule has 0 unspecified atom stereocenters. The molecule has 5 N–H and O–H groups in total. The first-order valence-corrected chi connectivity index (χ1v) is 12.5. The van der Waals surface area contributed by atoms with E-state index in [1.54, 1.807) is 18.7 Å². The minimum atomic E-state index is -0.116. The van der Waals surface area contributed by atoms with Gasteiger partial charge in [0.15, 0.2) is 0 Å². The highest BCUT2D eigenvalue weighted by Crippen LogP contribution is 2.34. The van der Waals surface area contributed by atoms with Crippen molar-refractivity contribution in [1.82, 2.24) is 30.4 Å². The molecule has 9 nitrogen and oxygen atoms in total. The Labute approximate surface area is 226 Å². The van der Waals surface area contributed by atoms with E-state index in [-0.39, 0.29) is 12.5 Å². The molecular formula is C30H31N7O2. The largest absolute Gasteiger partial charge is 0.472 e. The molecule has 9 heteroatoms. The number of hydrogen-bond donors (Lipinski definition) is 4. The van der Waals surface area contributed by atoms with Crippen LogP contribution in [-0.2, 0) is 4.79 Å². The highest BCUT2D eigenvalue weighted by molar-refractivity contribution is 6.01. The lowest BCUT2D eigenvalue weighted by Gasteiger charge is -2.12. The summed E-state index contributed by atoms with van der Waals surface area (Å²) in [5, 5.41) is 12.6. The van der Waals surface area contributed by atoms with E-state index in [0.717, 1.165) is 49.9 Å². The first-order chi connectivity index (χ1) is 18.8. The van der Waals surface area contributed by atoms with E-state index >= 15 is 0 Å². The standard InChI is InChI=1S/C30H31N7O2/c1-18(2)10-21(33-29(38)16-37(3)4)11-20(14-31)26-13-24-28(15-32-26)35-36-30(24)27-12-23-22(19-8-9-39-17-19)6-5-7-25(23)34-27/h5-15,17,34H,16,31H2,1-4H3,(H,33,38)(H,35,36)/b20-14+,21-11+. The predicted octanol–water partition coefficient (Wildman–Crippen LogP) is 5.19. The first kappa shape index (κ1) is 25.7. The van der Waals surface area contributed by atoms with Gasteiger partial charge < -0.3 is 25.4 Å². The second-order valence-electron chi connectivity index (χ2n) is 9.88. The van der Waals surface area contributed by atoms with Crippen molar-refractivity contribution in [1.29, 1.82) is 0 Å². The Balaban J connectivity index is 1.54. The molecule has 0 saturated heterocycles. The summed E-state index contributed by atoms with van der Waals surface area (Å²) < 4.78 is 5.30. The third-order valence-electron chi connectivity index (χ3n) is 6.17. The number of nitrogens with zero attached hydrogens (tertiary/aromatic N) is 3. The molecule has 0 aliphatic heterocycles. The fraction of sp³-hybridized carbons (Fsp3) is 0.167. The molecule has 0 saturated carbocycles. The van der Waals surface area contributed by atoms with Gasteiger partial charge in [-0.25, -0.2) is 0 Å². The van der Waals surface area contributed by atoms with Crippen molar-refractivity contribution >= 4 is 33.3 Å². The SMILES string of the molecule is CC(C)=C/C(=C\C(=C/N)c1cc2c(-c3cc4c(-c5ccoc5)cccc4[nH]3)n[nH]c2cn1)NC(=O)CN(C)C. The van der Waals surface area contributed by atoms with Gasteiger partial charge in [0.1, 0.15) is 5.69 Å². The van der Waals surface area contributed by atoms with Gasteiger partial charge in [-0.2, -0.15) is 5.10 Å². The number of carbonyl (C=O) groups excluding carboxylic acids is 1. The fourth-order valence-corrected chi connectivity index (χ4v) is 4.52. The number of hydrogen-bond acceptors (Lipinski definition) is 6. The van der Waals surface area contributed by atoms with Crippen LogP contribution >= 0.6 is 0 Å². The maximum absolute atomic E-state index is 12.5. The zero-order valence-corrected chi connectivity index (χ0v) is 22.4. The number of rotatable bonds is 8. The number of aromatic nitrogens is 4. The van der Waals surface area contributed by atoms with Gasteiger partial charge in [-0.1, -0.05) is 17.7 Å². The lowest BCUT2D eigenvalue weighted by molar-refractivity contribution is -0.120. The quantitative estimate of drug-likeness (QED) is 0.208. The van der Waals surface area contributed by atoms with Crippen LogP contribution in [0.25, 0.3) is 49.9 Å². The molecule has 4 heterocycles. The summed E-state index contributed by atoms with van der Waals surface area (Å²) in [5.41, 5.74) is 14.6. The van der Waals surface area contributed by atoms with Gasteiger partial charge in [-0.3, -0.25) is 14.9 Å². The molecule has 1 aromatic carbocycles. The molecule has 0 aliphatic carbocycles. The van der Waals surface area contributed by atoms with Gasteiger partial charge in [0, 0.05) is 39.3 Å². The van der Waals surface area contributed by atoms with Gasteiger partial charge in [-0.15, -0.1) is 0 Å². The number of furan rings is 1. The molecular weight excluding hydrogens is 490 g/mol. The van der Waals surface area contributed by atoms with Gasteiger partial charge in [0.25, 0.3) is 0 Å². The van der Waals surface area contributed by atoms with E-state index in [2.05, 4.69) is 37.6 Å². The Morgan fingerprint density at radius 1 is 1.13 bits per heavy atom. The van der Waals surface area contributed by atoms with Crippen LogP contribution in [-0.4, -0.2) is 51.6 Å². The number of pyridine rings is 1. The molecule has 1 amide bonds. The third-order valence-corrected chi connectivity index (χ3v) is 6.17. The Hall–Kier alpha value is -4.89. The number of H-pyrrole nitrogens is 2. The average molecular weight is 522 g/mol. The Morgan fingerprint density at radius 2 is 1.97 bits per heavy atom. The number of nitrogens with two attached hydrogens (primary N) is 1. The summed E-state index contributed by atoms with van der Waals surface area (Å²) in [6, 6.07) is 12.1. The number of allylic oxidation sites excluding steroid dienone is 4. The highest BCUT2D eigenvalue weighted by Gasteiger charge is 2.16. The summed E-state index contributed by atoms with van der Waals surface area (Å²) in [4.78, 5) is 22.4. The lowest BCUT2D eigenvalue weighted by Crippen LogP contribution is -2.32. The smallest absolute Gasteiger partial charge is 0.238 e. The molecule has 0 fully saturated rings. The van der Waals surface area contributed by atoms with Crippen LogP contribution in [0.15, 0.2) is 89.2 Å².